The van der Waals surface area contributed by atoms with Crippen LogP contribution in [0.1, 0.15) is 136 Å². The molecular formula is C39H55Si. The molecule has 0 aliphatic heterocycles. The lowest BCUT2D eigenvalue weighted by Gasteiger charge is -2.38. The molecule has 0 nitrogen and oxygen atoms in total. The molecule has 0 heterocycles. The highest BCUT2D eigenvalue weighted by Crippen LogP contribution is 2.45. The third-order valence-electron chi connectivity index (χ3n) is 9.70. The van der Waals surface area contributed by atoms with Crippen LogP contribution in [0.2, 0.25) is 12.1 Å². The summed E-state index contributed by atoms with van der Waals surface area (Å²) in [6.07, 6.45) is 4.80. The van der Waals surface area contributed by atoms with Crippen LogP contribution in [0.25, 0.3) is 11.6 Å². The molecule has 1 atom stereocenters. The van der Waals surface area contributed by atoms with Crippen LogP contribution in [-0.2, 0) is 17.3 Å². The molecule has 2 aliphatic carbocycles. The molecular weight excluding hydrogens is 497 g/mol. The van der Waals surface area contributed by atoms with Gasteiger partial charge >= 0.3 is 0 Å². The van der Waals surface area contributed by atoms with Crippen molar-refractivity contribution in [3.05, 3.63) is 86.0 Å². The van der Waals surface area contributed by atoms with E-state index in [0.717, 1.165) is 6.42 Å². The Balaban J connectivity index is 2.03. The molecule has 0 spiro atoms. The third-order valence-corrected chi connectivity index (χ3v) is 12.8. The van der Waals surface area contributed by atoms with Crippen LogP contribution in [0, 0.1) is 5.92 Å². The summed E-state index contributed by atoms with van der Waals surface area (Å²) in [7, 11) is -0.826. The van der Waals surface area contributed by atoms with Crippen LogP contribution >= 0.6 is 0 Å². The van der Waals surface area contributed by atoms with Crippen LogP contribution < -0.4 is 5.19 Å². The van der Waals surface area contributed by atoms with Crippen molar-refractivity contribution in [1.29, 1.82) is 0 Å². The monoisotopic (exact) mass is 551 g/mol. The second-order valence-electron chi connectivity index (χ2n) is 15.0. The molecule has 215 valence electrons. The topological polar surface area (TPSA) is 0 Å². The summed E-state index contributed by atoms with van der Waals surface area (Å²) in [5.41, 5.74) is 17.4. The highest BCUT2D eigenvalue weighted by molar-refractivity contribution is 6.74. The zero-order valence-electron chi connectivity index (χ0n) is 27.9. The molecule has 0 N–H and O–H groups in total. The second-order valence-corrected chi connectivity index (χ2v) is 17.6. The summed E-state index contributed by atoms with van der Waals surface area (Å²) in [6, 6.07) is 14.4. The summed E-state index contributed by atoms with van der Waals surface area (Å²) < 4.78 is 0. The number of fused-ring (bicyclic) bond motifs is 1. The van der Waals surface area contributed by atoms with Crippen molar-refractivity contribution in [2.24, 2.45) is 5.92 Å². The van der Waals surface area contributed by atoms with E-state index in [2.05, 4.69) is 126 Å². The van der Waals surface area contributed by atoms with E-state index in [0.29, 0.717) is 11.8 Å². The first-order valence-electron chi connectivity index (χ1n) is 15.8. The Labute approximate surface area is 248 Å². The van der Waals surface area contributed by atoms with Gasteiger partial charge in [-0.15, -0.1) is 0 Å². The molecule has 1 radical (unpaired) electrons. The number of allylic oxidation sites excluding steroid dienone is 5. The maximum atomic E-state index is 2.73. The summed E-state index contributed by atoms with van der Waals surface area (Å²) in [5.74, 6) is 1.06. The molecule has 2 aromatic carbocycles. The summed E-state index contributed by atoms with van der Waals surface area (Å²) in [5, 5.41) is 1.72. The van der Waals surface area contributed by atoms with E-state index in [1.165, 1.54) is 46.3 Å². The second kappa shape index (κ2) is 11.3. The average molecular weight is 552 g/mol. The van der Waals surface area contributed by atoms with Gasteiger partial charge < -0.3 is 0 Å². The minimum absolute atomic E-state index is 0.0674. The Kier molecular flexibility index (Phi) is 8.69. The molecule has 0 fully saturated rings. The summed E-state index contributed by atoms with van der Waals surface area (Å²) >= 11 is 0. The van der Waals surface area contributed by atoms with Gasteiger partial charge in [0, 0.05) is 0 Å². The summed E-state index contributed by atoms with van der Waals surface area (Å²) in [4.78, 5) is 0. The Bertz CT molecular complexity index is 1380. The van der Waals surface area contributed by atoms with Gasteiger partial charge in [0.15, 0.2) is 0 Å². The minimum Gasteiger partial charge on any atom is -0.0656 e. The third kappa shape index (κ3) is 5.65. The maximum absolute atomic E-state index is 2.73. The maximum Gasteiger partial charge on any atom is 0.0903 e. The molecule has 1 heteroatoms. The van der Waals surface area contributed by atoms with Gasteiger partial charge in [0.1, 0.15) is 0 Å². The average Bonchev–Trinajstić information content (AvgIpc) is 3.37. The van der Waals surface area contributed by atoms with E-state index < -0.39 is 8.80 Å². The first-order valence-corrected chi connectivity index (χ1v) is 17.7. The van der Waals surface area contributed by atoms with Gasteiger partial charge in [0.05, 0.1) is 8.80 Å². The molecule has 2 aromatic rings. The van der Waals surface area contributed by atoms with Gasteiger partial charge in [-0.05, 0) is 106 Å². The van der Waals surface area contributed by atoms with Gasteiger partial charge in [-0.2, -0.15) is 0 Å². The molecule has 40 heavy (non-hydrogen) atoms. The molecule has 0 aromatic heterocycles. The van der Waals surface area contributed by atoms with Gasteiger partial charge in [0.2, 0.25) is 0 Å². The van der Waals surface area contributed by atoms with E-state index >= 15 is 0 Å². The van der Waals surface area contributed by atoms with E-state index in [1.54, 1.807) is 38.6 Å². The van der Waals surface area contributed by atoms with E-state index in [-0.39, 0.29) is 10.8 Å². The van der Waals surface area contributed by atoms with Crippen LogP contribution in [-0.4, -0.2) is 8.80 Å². The molecule has 4 rings (SSSR count). The van der Waals surface area contributed by atoms with Crippen molar-refractivity contribution in [3.8, 4) is 0 Å². The zero-order valence-corrected chi connectivity index (χ0v) is 28.9. The summed E-state index contributed by atoms with van der Waals surface area (Å²) in [6.45, 7) is 31.6. The Morgan fingerprint density at radius 2 is 1.52 bits per heavy atom. The van der Waals surface area contributed by atoms with E-state index in [1.807, 2.05) is 0 Å². The lowest BCUT2D eigenvalue weighted by Crippen LogP contribution is -2.41. The van der Waals surface area contributed by atoms with Crippen molar-refractivity contribution >= 4 is 25.6 Å². The Morgan fingerprint density at radius 1 is 0.900 bits per heavy atom. The predicted molar refractivity (Wildman–Crippen MR) is 181 cm³/mol. The van der Waals surface area contributed by atoms with Crippen molar-refractivity contribution in [2.75, 3.05) is 0 Å². The smallest absolute Gasteiger partial charge is 0.0656 e. The predicted octanol–water partition coefficient (Wildman–Crippen LogP) is 10.9. The standard InChI is InChI=1S/C39H55Si/c1-14-19-40(23-33-27(6)25(4)26(5)28(33)7)34-22-32(31-20-29-17-15-16-18-30(29)21-31)36(38(8,9)10)35(24(2)3)37(34)39(11,12)13/h15-18,20,22,24,27H,14,19,21,23H2,1-13H3. The first kappa shape index (κ1) is 30.8. The molecule has 0 saturated carbocycles. The molecule has 2 aliphatic rings. The number of hydrogen-bond donors (Lipinski definition) is 0. The molecule has 0 bridgehead atoms. The van der Waals surface area contributed by atoms with Crippen molar-refractivity contribution < 1.29 is 0 Å². The SMILES string of the molecule is CCC[Si](CC1=C(C)C(C)=C(C)C1C)c1cc(C2=Cc3ccccc3C2)c(C(C)(C)C)c(C(C)C)c1C(C)(C)C. The highest BCUT2D eigenvalue weighted by atomic mass is 28.3. The fourth-order valence-corrected chi connectivity index (χ4v) is 10.9. The largest absolute Gasteiger partial charge is 0.0903 e. The van der Waals surface area contributed by atoms with Crippen molar-refractivity contribution in [3.63, 3.8) is 0 Å². The zero-order chi connectivity index (χ0) is 29.7. The highest BCUT2D eigenvalue weighted by Gasteiger charge is 2.36. The molecule has 0 saturated heterocycles. The first-order chi connectivity index (χ1) is 18.6. The van der Waals surface area contributed by atoms with Gasteiger partial charge in [-0.1, -0.05) is 134 Å². The van der Waals surface area contributed by atoms with Crippen LogP contribution in [0.5, 0.6) is 0 Å². The fraction of sp³-hybridized carbons (Fsp3) is 0.538. The number of rotatable bonds is 7. The quantitative estimate of drug-likeness (QED) is 0.300. The van der Waals surface area contributed by atoms with Crippen LogP contribution in [0.15, 0.2) is 52.6 Å². The number of benzene rings is 2. The Morgan fingerprint density at radius 3 is 2.02 bits per heavy atom. The van der Waals surface area contributed by atoms with Gasteiger partial charge in [-0.3, -0.25) is 0 Å². The lowest BCUT2D eigenvalue weighted by atomic mass is 9.70. The lowest BCUT2D eigenvalue weighted by molar-refractivity contribution is 0.548. The van der Waals surface area contributed by atoms with Crippen LogP contribution in [0.4, 0.5) is 0 Å². The van der Waals surface area contributed by atoms with Crippen LogP contribution in [0.3, 0.4) is 0 Å². The van der Waals surface area contributed by atoms with Gasteiger partial charge in [0.25, 0.3) is 0 Å². The fourth-order valence-electron chi connectivity index (χ4n) is 7.47. The Hall–Kier alpha value is -2.12. The van der Waals surface area contributed by atoms with E-state index in [4.69, 9.17) is 0 Å². The molecule has 1 unspecified atom stereocenters. The normalized spacial score (nSPS) is 18.0. The van der Waals surface area contributed by atoms with Crippen molar-refractivity contribution in [2.45, 2.75) is 132 Å². The van der Waals surface area contributed by atoms with Gasteiger partial charge in [-0.25, -0.2) is 0 Å². The minimum atomic E-state index is -0.826. The van der Waals surface area contributed by atoms with Crippen molar-refractivity contribution in [1.82, 2.24) is 0 Å². The number of hydrogen-bond acceptors (Lipinski definition) is 0. The van der Waals surface area contributed by atoms with E-state index in [9.17, 15) is 0 Å². The molecule has 0 amide bonds.